The highest BCUT2D eigenvalue weighted by Crippen LogP contribution is 2.43. The molecule has 0 heterocycles. The minimum absolute atomic E-state index is 0.0434. The SMILES string of the molecule is CCCOc1cc2c(c(F)c1F)-c1c(F)cc(CCC)cc1C2. The summed E-state index contributed by atoms with van der Waals surface area (Å²) >= 11 is 0. The molecule has 0 bridgehead atoms. The first-order chi connectivity index (χ1) is 11.1. The summed E-state index contributed by atoms with van der Waals surface area (Å²) in [5.74, 6) is -2.63. The third kappa shape index (κ3) is 2.71. The molecule has 122 valence electrons. The van der Waals surface area contributed by atoms with Crippen molar-refractivity contribution in [3.05, 3.63) is 52.3 Å². The summed E-state index contributed by atoms with van der Waals surface area (Å²) in [6.45, 7) is 4.23. The molecule has 0 saturated carbocycles. The Bertz CT molecular complexity index is 753. The number of benzene rings is 2. The van der Waals surface area contributed by atoms with Gasteiger partial charge in [-0.3, -0.25) is 0 Å². The molecule has 0 amide bonds. The quantitative estimate of drug-likeness (QED) is 0.610. The average Bonchev–Trinajstić information content (AvgIpc) is 2.88. The topological polar surface area (TPSA) is 9.23 Å². The van der Waals surface area contributed by atoms with Gasteiger partial charge in [-0.15, -0.1) is 0 Å². The predicted octanol–water partition coefficient (Wildman–Crippen LogP) is 5.42. The van der Waals surface area contributed by atoms with Crippen molar-refractivity contribution in [3.63, 3.8) is 0 Å². The van der Waals surface area contributed by atoms with Crippen LogP contribution in [0.25, 0.3) is 11.1 Å². The van der Waals surface area contributed by atoms with Gasteiger partial charge in [-0.05, 0) is 48.1 Å². The Balaban J connectivity index is 2.10. The van der Waals surface area contributed by atoms with Gasteiger partial charge in [-0.25, -0.2) is 8.78 Å². The Morgan fingerprint density at radius 2 is 1.65 bits per heavy atom. The minimum atomic E-state index is -1.04. The molecule has 0 atom stereocenters. The number of hydrogen-bond donors (Lipinski definition) is 0. The lowest BCUT2D eigenvalue weighted by Gasteiger charge is -2.11. The van der Waals surface area contributed by atoms with Crippen molar-refractivity contribution >= 4 is 0 Å². The number of hydrogen-bond acceptors (Lipinski definition) is 1. The molecule has 1 nitrogen and oxygen atoms in total. The zero-order chi connectivity index (χ0) is 16.6. The summed E-state index contributed by atoms with van der Waals surface area (Å²) in [5.41, 5.74) is 2.42. The zero-order valence-electron chi connectivity index (χ0n) is 13.3. The van der Waals surface area contributed by atoms with E-state index in [0.29, 0.717) is 25.0 Å². The third-order valence-electron chi connectivity index (χ3n) is 4.12. The number of halogens is 3. The molecular weight excluding hydrogens is 301 g/mol. The van der Waals surface area contributed by atoms with Crippen LogP contribution in [0.5, 0.6) is 5.75 Å². The van der Waals surface area contributed by atoms with Gasteiger partial charge in [0.2, 0.25) is 5.82 Å². The van der Waals surface area contributed by atoms with Gasteiger partial charge < -0.3 is 4.74 Å². The maximum Gasteiger partial charge on any atom is 0.201 e. The molecule has 0 unspecified atom stereocenters. The van der Waals surface area contributed by atoms with E-state index >= 15 is 0 Å². The van der Waals surface area contributed by atoms with Gasteiger partial charge in [-0.2, -0.15) is 4.39 Å². The Morgan fingerprint density at radius 3 is 2.35 bits per heavy atom. The molecule has 1 aliphatic rings. The van der Waals surface area contributed by atoms with Crippen LogP contribution in [0.4, 0.5) is 13.2 Å². The molecule has 4 heteroatoms. The van der Waals surface area contributed by atoms with Crippen LogP contribution in [0, 0.1) is 17.5 Å². The van der Waals surface area contributed by atoms with Crippen molar-refractivity contribution in [2.24, 2.45) is 0 Å². The van der Waals surface area contributed by atoms with Gasteiger partial charge in [0.15, 0.2) is 11.6 Å². The Kier molecular flexibility index (Phi) is 4.33. The number of fused-ring (bicyclic) bond motifs is 3. The molecule has 23 heavy (non-hydrogen) atoms. The molecule has 0 saturated heterocycles. The summed E-state index contributed by atoms with van der Waals surface area (Å²) in [4.78, 5) is 0. The predicted molar refractivity (Wildman–Crippen MR) is 84.3 cm³/mol. The molecular formula is C19H19F3O. The first kappa shape index (κ1) is 15.9. The highest BCUT2D eigenvalue weighted by atomic mass is 19.2. The van der Waals surface area contributed by atoms with E-state index in [1.54, 1.807) is 0 Å². The van der Waals surface area contributed by atoms with E-state index in [2.05, 4.69) is 0 Å². The van der Waals surface area contributed by atoms with E-state index in [1.165, 1.54) is 12.1 Å². The first-order valence-corrected chi connectivity index (χ1v) is 8.02. The van der Waals surface area contributed by atoms with Crippen LogP contribution in [0.3, 0.4) is 0 Å². The summed E-state index contributed by atoms with van der Waals surface area (Å²) in [6.07, 6.45) is 2.78. The van der Waals surface area contributed by atoms with E-state index in [-0.39, 0.29) is 16.9 Å². The largest absolute Gasteiger partial charge is 0.490 e. The molecule has 0 fully saturated rings. The zero-order valence-corrected chi connectivity index (χ0v) is 13.3. The Morgan fingerprint density at radius 1 is 0.913 bits per heavy atom. The molecule has 2 aromatic rings. The van der Waals surface area contributed by atoms with E-state index in [4.69, 9.17) is 4.74 Å². The monoisotopic (exact) mass is 320 g/mol. The third-order valence-corrected chi connectivity index (χ3v) is 4.12. The summed E-state index contributed by atoms with van der Waals surface area (Å²) in [7, 11) is 0. The van der Waals surface area contributed by atoms with Gasteiger partial charge in [0, 0.05) is 11.1 Å². The maximum absolute atomic E-state index is 14.5. The Hall–Kier alpha value is -1.97. The molecule has 0 spiro atoms. The van der Waals surface area contributed by atoms with Gasteiger partial charge in [0.25, 0.3) is 0 Å². The smallest absolute Gasteiger partial charge is 0.201 e. The van der Waals surface area contributed by atoms with Crippen LogP contribution in [0.1, 0.15) is 43.4 Å². The van der Waals surface area contributed by atoms with Gasteiger partial charge in [-0.1, -0.05) is 26.3 Å². The number of aryl methyl sites for hydroxylation is 1. The van der Waals surface area contributed by atoms with Crippen molar-refractivity contribution in [2.75, 3.05) is 6.61 Å². The maximum atomic E-state index is 14.5. The van der Waals surface area contributed by atoms with Crippen LogP contribution in [0.2, 0.25) is 0 Å². The lowest BCUT2D eigenvalue weighted by molar-refractivity contribution is 0.295. The van der Waals surface area contributed by atoms with Crippen LogP contribution in [-0.4, -0.2) is 6.61 Å². The first-order valence-electron chi connectivity index (χ1n) is 8.02. The van der Waals surface area contributed by atoms with Crippen molar-refractivity contribution in [1.82, 2.24) is 0 Å². The van der Waals surface area contributed by atoms with Crippen LogP contribution < -0.4 is 4.74 Å². The molecule has 3 rings (SSSR count). The molecule has 0 N–H and O–H groups in total. The second-order valence-corrected chi connectivity index (χ2v) is 5.92. The summed E-state index contributed by atoms with van der Waals surface area (Å²) < 4.78 is 48.4. The Labute approximate surface area is 134 Å². The van der Waals surface area contributed by atoms with Crippen molar-refractivity contribution in [2.45, 2.75) is 39.5 Å². The van der Waals surface area contributed by atoms with Gasteiger partial charge >= 0.3 is 0 Å². The number of ether oxygens (including phenoxy) is 1. The van der Waals surface area contributed by atoms with E-state index in [1.807, 2.05) is 19.9 Å². The molecule has 0 aliphatic heterocycles. The second kappa shape index (κ2) is 6.26. The lowest BCUT2D eigenvalue weighted by atomic mass is 10.00. The van der Waals surface area contributed by atoms with Crippen molar-refractivity contribution in [3.8, 4) is 16.9 Å². The van der Waals surface area contributed by atoms with Crippen LogP contribution >= 0.6 is 0 Å². The van der Waals surface area contributed by atoms with E-state index in [9.17, 15) is 13.2 Å². The lowest BCUT2D eigenvalue weighted by Crippen LogP contribution is -2.02. The van der Waals surface area contributed by atoms with Crippen LogP contribution in [-0.2, 0) is 12.8 Å². The summed E-state index contributed by atoms with van der Waals surface area (Å²) in [5, 5.41) is 0. The van der Waals surface area contributed by atoms with E-state index < -0.39 is 17.5 Å². The fourth-order valence-corrected chi connectivity index (χ4v) is 3.16. The van der Waals surface area contributed by atoms with E-state index in [0.717, 1.165) is 24.0 Å². The molecule has 0 radical (unpaired) electrons. The highest BCUT2D eigenvalue weighted by Gasteiger charge is 2.30. The fourth-order valence-electron chi connectivity index (χ4n) is 3.16. The fraction of sp³-hybridized carbons (Fsp3) is 0.368. The van der Waals surface area contributed by atoms with Crippen LogP contribution in [0.15, 0.2) is 18.2 Å². The minimum Gasteiger partial charge on any atom is -0.490 e. The molecule has 1 aliphatic carbocycles. The summed E-state index contributed by atoms with van der Waals surface area (Å²) in [6, 6.07) is 4.82. The molecule has 2 aromatic carbocycles. The van der Waals surface area contributed by atoms with Gasteiger partial charge in [0.1, 0.15) is 5.82 Å². The number of rotatable bonds is 5. The van der Waals surface area contributed by atoms with Crippen molar-refractivity contribution < 1.29 is 17.9 Å². The molecule has 0 aromatic heterocycles. The highest BCUT2D eigenvalue weighted by molar-refractivity contribution is 5.79. The average molecular weight is 320 g/mol. The normalized spacial score (nSPS) is 12.2. The second-order valence-electron chi connectivity index (χ2n) is 5.92. The van der Waals surface area contributed by atoms with Gasteiger partial charge in [0.05, 0.1) is 6.61 Å². The standard InChI is InChI=1S/C19H19F3O/c1-3-5-11-7-12-9-13-10-15(23-6-4-2)18(21)19(22)17(13)16(12)14(20)8-11/h7-8,10H,3-6,9H2,1-2H3. The van der Waals surface area contributed by atoms with Crippen molar-refractivity contribution in [1.29, 1.82) is 0 Å².